The van der Waals surface area contributed by atoms with Crippen molar-refractivity contribution in [2.24, 2.45) is 0 Å². The molecular weight excluding hydrogens is 228 g/mol. The third-order valence-electron chi connectivity index (χ3n) is 3.13. The normalized spacial score (nSPS) is 19.2. The monoisotopic (exact) mass is 246 g/mol. The van der Waals surface area contributed by atoms with E-state index in [0.717, 1.165) is 18.4 Å². The summed E-state index contributed by atoms with van der Waals surface area (Å²) in [5, 5.41) is 9.47. The van der Waals surface area contributed by atoms with Gasteiger partial charge in [-0.25, -0.2) is 4.79 Å². The van der Waals surface area contributed by atoms with Crippen molar-refractivity contribution in [1.82, 2.24) is 0 Å². The number of aliphatic hydroxyl groups is 1. The maximum atomic E-state index is 11.7. The Morgan fingerprint density at radius 1 is 1.50 bits per heavy atom. The number of rotatable bonds is 3. The molecule has 1 aliphatic carbocycles. The van der Waals surface area contributed by atoms with E-state index in [1.807, 2.05) is 18.2 Å². The Labute approximate surface area is 107 Å². The van der Waals surface area contributed by atoms with E-state index in [4.69, 9.17) is 4.74 Å². The minimum atomic E-state index is -0.282. The van der Waals surface area contributed by atoms with Gasteiger partial charge >= 0.3 is 5.97 Å². The molecule has 0 saturated carbocycles. The van der Waals surface area contributed by atoms with Crippen LogP contribution in [0.5, 0.6) is 0 Å². The predicted molar refractivity (Wildman–Crippen MR) is 70.2 cm³/mol. The van der Waals surface area contributed by atoms with Crippen molar-refractivity contribution in [3.8, 4) is 0 Å². The maximum Gasteiger partial charge on any atom is 0.338 e. The van der Waals surface area contributed by atoms with Crippen LogP contribution in [0.2, 0.25) is 0 Å². The molecule has 0 aromatic heterocycles. The summed E-state index contributed by atoms with van der Waals surface area (Å²) in [5.41, 5.74) is 2.83. The van der Waals surface area contributed by atoms with Gasteiger partial charge in [-0.05, 0) is 49.5 Å². The second-order valence-corrected chi connectivity index (χ2v) is 4.46. The molecule has 0 spiro atoms. The molecule has 18 heavy (non-hydrogen) atoms. The third kappa shape index (κ3) is 2.99. The van der Waals surface area contributed by atoms with Gasteiger partial charge in [-0.1, -0.05) is 18.2 Å². The Morgan fingerprint density at radius 3 is 3.00 bits per heavy atom. The number of hydrogen-bond donors (Lipinski definition) is 1. The van der Waals surface area contributed by atoms with E-state index >= 15 is 0 Å². The van der Waals surface area contributed by atoms with Gasteiger partial charge in [0.05, 0.1) is 18.3 Å². The quantitative estimate of drug-likeness (QED) is 0.834. The van der Waals surface area contributed by atoms with Crippen LogP contribution in [-0.4, -0.2) is 23.8 Å². The Hall–Kier alpha value is -1.61. The zero-order valence-electron chi connectivity index (χ0n) is 10.6. The van der Waals surface area contributed by atoms with Crippen molar-refractivity contribution in [1.29, 1.82) is 0 Å². The van der Waals surface area contributed by atoms with Crippen LogP contribution >= 0.6 is 0 Å². The van der Waals surface area contributed by atoms with E-state index in [0.29, 0.717) is 18.6 Å². The molecule has 1 aromatic rings. The first-order chi connectivity index (χ1) is 8.70. The number of ether oxygens (including phenoxy) is 1. The lowest BCUT2D eigenvalue weighted by molar-refractivity contribution is 0.0526. The molecule has 0 heterocycles. The first kappa shape index (κ1) is 12.8. The van der Waals surface area contributed by atoms with E-state index in [1.54, 1.807) is 13.0 Å². The molecule has 96 valence electrons. The molecule has 1 aliphatic rings. The minimum Gasteiger partial charge on any atom is -0.462 e. The first-order valence-corrected chi connectivity index (χ1v) is 6.35. The van der Waals surface area contributed by atoms with Gasteiger partial charge in [0.2, 0.25) is 0 Å². The summed E-state index contributed by atoms with van der Waals surface area (Å²) in [6.45, 7) is 2.19. The Morgan fingerprint density at radius 2 is 2.33 bits per heavy atom. The number of carbonyl (C=O) groups is 1. The number of hydrogen-bond acceptors (Lipinski definition) is 3. The largest absolute Gasteiger partial charge is 0.462 e. The van der Waals surface area contributed by atoms with Gasteiger partial charge in [0.25, 0.3) is 0 Å². The number of benzene rings is 1. The smallest absolute Gasteiger partial charge is 0.338 e. The topological polar surface area (TPSA) is 46.5 Å². The fourth-order valence-electron chi connectivity index (χ4n) is 2.14. The van der Waals surface area contributed by atoms with Gasteiger partial charge in [0, 0.05) is 0 Å². The molecule has 3 heteroatoms. The lowest BCUT2D eigenvalue weighted by atomic mass is 9.91. The van der Waals surface area contributed by atoms with Crippen molar-refractivity contribution >= 4 is 11.5 Å². The van der Waals surface area contributed by atoms with Crippen molar-refractivity contribution < 1.29 is 14.6 Å². The van der Waals surface area contributed by atoms with Crippen LogP contribution < -0.4 is 0 Å². The van der Waals surface area contributed by atoms with Crippen LogP contribution in [0.4, 0.5) is 0 Å². The lowest BCUT2D eigenvalue weighted by Crippen LogP contribution is -2.10. The highest BCUT2D eigenvalue weighted by Gasteiger charge is 2.14. The zero-order chi connectivity index (χ0) is 13.0. The molecule has 1 aromatic carbocycles. The third-order valence-corrected chi connectivity index (χ3v) is 3.13. The van der Waals surface area contributed by atoms with Crippen LogP contribution in [0.3, 0.4) is 0 Å². The molecule has 0 fully saturated rings. The number of carbonyl (C=O) groups excluding carboxylic acids is 1. The van der Waals surface area contributed by atoms with E-state index in [9.17, 15) is 9.90 Å². The first-order valence-electron chi connectivity index (χ1n) is 6.35. The van der Waals surface area contributed by atoms with E-state index in [2.05, 4.69) is 6.08 Å². The molecule has 1 N–H and O–H groups in total. The summed E-state index contributed by atoms with van der Waals surface area (Å²) in [4.78, 5) is 11.7. The maximum absolute atomic E-state index is 11.7. The standard InChI is InChI=1S/C15H18O3/c1-2-18-15(17)13-5-3-4-12(10-13)11-6-8-14(16)9-7-11/h3-6,10,14,16H,2,7-9H2,1H3. The van der Waals surface area contributed by atoms with Crippen LogP contribution in [0.15, 0.2) is 30.3 Å². The average Bonchev–Trinajstić information content (AvgIpc) is 2.40. The van der Waals surface area contributed by atoms with Gasteiger partial charge < -0.3 is 9.84 Å². The summed E-state index contributed by atoms with van der Waals surface area (Å²) in [6.07, 6.45) is 4.17. The predicted octanol–water partition coefficient (Wildman–Crippen LogP) is 2.79. The van der Waals surface area contributed by atoms with Gasteiger partial charge in [0.15, 0.2) is 0 Å². The number of esters is 1. The molecule has 0 radical (unpaired) electrons. The lowest BCUT2D eigenvalue weighted by Gasteiger charge is -2.18. The molecule has 1 unspecified atom stereocenters. The summed E-state index contributed by atoms with van der Waals surface area (Å²) in [7, 11) is 0. The SMILES string of the molecule is CCOC(=O)c1cccc(C2=CCC(O)CC2)c1. The molecular formula is C15H18O3. The van der Waals surface area contributed by atoms with Crippen molar-refractivity contribution in [3.63, 3.8) is 0 Å². The van der Waals surface area contributed by atoms with Crippen LogP contribution in [-0.2, 0) is 4.74 Å². The Bertz CT molecular complexity index is 463. The van der Waals surface area contributed by atoms with Crippen LogP contribution in [0, 0.1) is 0 Å². The molecule has 2 rings (SSSR count). The minimum absolute atomic E-state index is 0.220. The van der Waals surface area contributed by atoms with E-state index < -0.39 is 0 Å². The highest BCUT2D eigenvalue weighted by Crippen LogP contribution is 2.27. The van der Waals surface area contributed by atoms with Crippen molar-refractivity contribution in [2.75, 3.05) is 6.61 Å². The average molecular weight is 246 g/mol. The number of allylic oxidation sites excluding steroid dienone is 1. The molecule has 0 saturated heterocycles. The van der Waals surface area contributed by atoms with E-state index in [1.165, 1.54) is 5.57 Å². The van der Waals surface area contributed by atoms with Crippen LogP contribution in [0.1, 0.15) is 42.1 Å². The van der Waals surface area contributed by atoms with Crippen LogP contribution in [0.25, 0.3) is 5.57 Å². The fourth-order valence-corrected chi connectivity index (χ4v) is 2.14. The summed E-state index contributed by atoms with van der Waals surface area (Å²) < 4.78 is 4.99. The van der Waals surface area contributed by atoms with Crippen molar-refractivity contribution in [3.05, 3.63) is 41.5 Å². The summed E-state index contributed by atoms with van der Waals surface area (Å²) in [5.74, 6) is -0.282. The fraction of sp³-hybridized carbons (Fsp3) is 0.400. The zero-order valence-corrected chi connectivity index (χ0v) is 10.6. The molecule has 0 bridgehead atoms. The van der Waals surface area contributed by atoms with Gasteiger partial charge in [-0.2, -0.15) is 0 Å². The Balaban J connectivity index is 2.19. The molecule has 0 aliphatic heterocycles. The summed E-state index contributed by atoms with van der Waals surface area (Å²) >= 11 is 0. The number of aliphatic hydroxyl groups excluding tert-OH is 1. The molecule has 3 nitrogen and oxygen atoms in total. The van der Waals surface area contributed by atoms with E-state index in [-0.39, 0.29) is 12.1 Å². The highest BCUT2D eigenvalue weighted by atomic mass is 16.5. The molecule has 1 atom stereocenters. The Kier molecular flexibility index (Phi) is 4.15. The van der Waals surface area contributed by atoms with Gasteiger partial charge in [0.1, 0.15) is 0 Å². The van der Waals surface area contributed by atoms with Gasteiger partial charge in [-0.15, -0.1) is 0 Å². The highest BCUT2D eigenvalue weighted by molar-refractivity contribution is 5.90. The second-order valence-electron chi connectivity index (χ2n) is 4.46. The molecule has 0 amide bonds. The summed E-state index contributed by atoms with van der Waals surface area (Å²) in [6, 6.07) is 7.49. The van der Waals surface area contributed by atoms with Crippen molar-refractivity contribution in [2.45, 2.75) is 32.3 Å². The van der Waals surface area contributed by atoms with Gasteiger partial charge in [-0.3, -0.25) is 0 Å². The second kappa shape index (κ2) is 5.83.